The minimum absolute atomic E-state index is 0.0470. The van der Waals surface area contributed by atoms with Crippen LogP contribution in [0.25, 0.3) is 0 Å². The average molecular weight is 424 g/mol. The Hall–Kier alpha value is -2.73. The molecule has 4 rings (SSSR count). The highest BCUT2D eigenvalue weighted by atomic mass is 16.5. The van der Waals surface area contributed by atoms with Gasteiger partial charge in [0.1, 0.15) is 11.5 Å². The highest BCUT2D eigenvalue weighted by Gasteiger charge is 2.33. The molecule has 6 heteroatoms. The zero-order valence-electron chi connectivity index (χ0n) is 18.8. The molecule has 2 saturated heterocycles. The third-order valence-corrected chi connectivity index (χ3v) is 6.56. The molecule has 2 aromatic rings. The molecule has 2 fully saturated rings. The van der Waals surface area contributed by atoms with Gasteiger partial charge in [-0.3, -0.25) is 9.69 Å². The number of carbonyl (C=O) groups is 1. The molecule has 2 aliphatic rings. The Morgan fingerprint density at radius 2 is 1.77 bits per heavy atom. The van der Waals surface area contributed by atoms with Gasteiger partial charge in [0.15, 0.2) is 0 Å². The van der Waals surface area contributed by atoms with Crippen LogP contribution < -0.4 is 14.4 Å². The first-order valence-electron chi connectivity index (χ1n) is 11.1. The molecular formula is C25H33N3O3. The van der Waals surface area contributed by atoms with E-state index in [-0.39, 0.29) is 11.9 Å². The quantitative estimate of drug-likeness (QED) is 0.712. The maximum absolute atomic E-state index is 13.3. The summed E-state index contributed by atoms with van der Waals surface area (Å²) in [4.78, 5) is 20.0. The lowest BCUT2D eigenvalue weighted by molar-refractivity contribution is -0.133. The Labute approximate surface area is 185 Å². The Bertz CT molecular complexity index is 909. The van der Waals surface area contributed by atoms with Crippen molar-refractivity contribution < 1.29 is 14.3 Å². The fourth-order valence-corrected chi connectivity index (χ4v) is 4.84. The summed E-state index contributed by atoms with van der Waals surface area (Å²) in [6.07, 6.45) is 1.97. The van der Waals surface area contributed by atoms with Crippen LogP contribution in [0.2, 0.25) is 0 Å². The molecule has 6 nitrogen and oxygen atoms in total. The Kier molecular flexibility index (Phi) is 6.66. The number of anilines is 1. The van der Waals surface area contributed by atoms with Gasteiger partial charge in [-0.05, 0) is 49.6 Å². The van der Waals surface area contributed by atoms with Crippen molar-refractivity contribution in [2.75, 3.05) is 58.4 Å². The number of ether oxygens (including phenoxy) is 2. The van der Waals surface area contributed by atoms with Crippen molar-refractivity contribution in [3.63, 3.8) is 0 Å². The van der Waals surface area contributed by atoms with Gasteiger partial charge in [0.25, 0.3) is 0 Å². The lowest BCUT2D eigenvalue weighted by Crippen LogP contribution is -2.50. The van der Waals surface area contributed by atoms with Crippen molar-refractivity contribution >= 4 is 11.6 Å². The number of piperazine rings is 1. The Balaban J connectivity index is 1.39. The molecule has 0 radical (unpaired) electrons. The molecule has 0 unspecified atom stereocenters. The van der Waals surface area contributed by atoms with Crippen LogP contribution in [-0.2, 0) is 4.79 Å². The van der Waals surface area contributed by atoms with Crippen molar-refractivity contribution in [1.29, 1.82) is 0 Å². The number of rotatable bonds is 6. The predicted octanol–water partition coefficient (Wildman–Crippen LogP) is 3.50. The normalized spacial score (nSPS) is 19.5. The van der Waals surface area contributed by atoms with E-state index in [9.17, 15) is 4.79 Å². The zero-order chi connectivity index (χ0) is 21.8. The topological polar surface area (TPSA) is 45.3 Å². The fourth-order valence-electron chi connectivity index (χ4n) is 4.84. The molecule has 0 bridgehead atoms. The highest BCUT2D eigenvalue weighted by Crippen LogP contribution is 2.39. The summed E-state index contributed by atoms with van der Waals surface area (Å²) < 4.78 is 11.0. The monoisotopic (exact) mass is 423 g/mol. The molecule has 31 heavy (non-hydrogen) atoms. The smallest absolute Gasteiger partial charge is 0.237 e. The van der Waals surface area contributed by atoms with Gasteiger partial charge in [-0.15, -0.1) is 0 Å². The Morgan fingerprint density at radius 1 is 1.00 bits per heavy atom. The molecule has 1 atom stereocenters. The second kappa shape index (κ2) is 9.60. The van der Waals surface area contributed by atoms with E-state index in [0.29, 0.717) is 6.54 Å². The minimum atomic E-state index is 0.0470. The predicted molar refractivity (Wildman–Crippen MR) is 123 cm³/mol. The number of hydrogen-bond acceptors (Lipinski definition) is 5. The van der Waals surface area contributed by atoms with E-state index in [1.807, 2.05) is 23.1 Å². The first kappa shape index (κ1) is 21.5. The van der Waals surface area contributed by atoms with E-state index in [1.54, 1.807) is 14.2 Å². The molecular weight excluding hydrogens is 390 g/mol. The van der Waals surface area contributed by atoms with Crippen molar-refractivity contribution in [3.05, 3.63) is 53.6 Å². The number of amides is 1. The number of hydrogen-bond donors (Lipinski definition) is 0. The van der Waals surface area contributed by atoms with Gasteiger partial charge in [-0.25, -0.2) is 0 Å². The van der Waals surface area contributed by atoms with Crippen LogP contribution in [0.15, 0.2) is 42.5 Å². The van der Waals surface area contributed by atoms with Gasteiger partial charge in [0.2, 0.25) is 5.91 Å². The van der Waals surface area contributed by atoms with Crippen LogP contribution in [0.5, 0.6) is 11.5 Å². The van der Waals surface area contributed by atoms with Gasteiger partial charge in [0, 0.05) is 44.0 Å². The fraction of sp³-hybridized carbons (Fsp3) is 0.480. The molecule has 2 aromatic carbocycles. The van der Waals surface area contributed by atoms with Gasteiger partial charge in [0.05, 0.1) is 26.8 Å². The number of methoxy groups -OCH3 is 2. The minimum Gasteiger partial charge on any atom is -0.497 e. The Morgan fingerprint density at radius 3 is 2.48 bits per heavy atom. The molecule has 0 spiro atoms. The molecule has 1 amide bonds. The number of carbonyl (C=O) groups excluding carboxylic acids is 1. The number of para-hydroxylation sites is 1. The summed E-state index contributed by atoms with van der Waals surface area (Å²) in [6, 6.07) is 14.4. The number of aryl methyl sites for hydroxylation is 1. The van der Waals surface area contributed by atoms with Crippen LogP contribution in [0.1, 0.15) is 30.0 Å². The van der Waals surface area contributed by atoms with Gasteiger partial charge in [-0.1, -0.05) is 18.2 Å². The van der Waals surface area contributed by atoms with Gasteiger partial charge in [-0.2, -0.15) is 0 Å². The summed E-state index contributed by atoms with van der Waals surface area (Å²) in [5.74, 6) is 1.82. The summed E-state index contributed by atoms with van der Waals surface area (Å²) in [7, 11) is 3.35. The van der Waals surface area contributed by atoms with E-state index in [1.165, 1.54) is 11.3 Å². The molecule has 166 valence electrons. The van der Waals surface area contributed by atoms with E-state index >= 15 is 0 Å². The van der Waals surface area contributed by atoms with Crippen molar-refractivity contribution in [1.82, 2.24) is 9.80 Å². The van der Waals surface area contributed by atoms with E-state index in [0.717, 1.165) is 62.6 Å². The maximum Gasteiger partial charge on any atom is 0.237 e. The second-order valence-corrected chi connectivity index (χ2v) is 8.40. The van der Waals surface area contributed by atoms with E-state index < -0.39 is 0 Å². The summed E-state index contributed by atoms with van der Waals surface area (Å²) in [6.45, 7) is 7.14. The molecule has 2 heterocycles. The van der Waals surface area contributed by atoms with Crippen LogP contribution in [0.4, 0.5) is 5.69 Å². The van der Waals surface area contributed by atoms with Crippen molar-refractivity contribution in [3.8, 4) is 11.5 Å². The molecule has 0 saturated carbocycles. The van der Waals surface area contributed by atoms with Crippen molar-refractivity contribution in [2.45, 2.75) is 25.8 Å². The number of nitrogens with zero attached hydrogens (tertiary/aromatic N) is 3. The summed E-state index contributed by atoms with van der Waals surface area (Å²) in [5.41, 5.74) is 3.65. The van der Waals surface area contributed by atoms with Crippen molar-refractivity contribution in [2.24, 2.45) is 0 Å². The van der Waals surface area contributed by atoms with Crippen LogP contribution in [-0.4, -0.2) is 69.2 Å². The highest BCUT2D eigenvalue weighted by molar-refractivity contribution is 5.79. The zero-order valence-corrected chi connectivity index (χ0v) is 18.8. The second-order valence-electron chi connectivity index (χ2n) is 8.40. The first-order chi connectivity index (χ1) is 15.1. The first-order valence-corrected chi connectivity index (χ1v) is 11.1. The van der Waals surface area contributed by atoms with Crippen LogP contribution in [0.3, 0.4) is 0 Å². The SMILES string of the molecule is COc1ccc(OC)c([C@@H]2CCCN2C(=O)CN2CCN(c3ccccc3C)CC2)c1. The standard InChI is InChI=1S/C25H33N3O3/c1-19-7-4-5-8-22(19)27-15-13-26(14-16-27)18-25(29)28-12-6-9-23(28)21-17-20(30-2)10-11-24(21)31-3/h4-5,7-8,10-11,17,23H,6,9,12-16,18H2,1-3H3/t23-/m0/s1. The largest absolute Gasteiger partial charge is 0.497 e. The maximum atomic E-state index is 13.3. The lowest BCUT2D eigenvalue weighted by atomic mass is 10.0. The number of likely N-dealkylation sites (tertiary alicyclic amines) is 1. The van der Waals surface area contributed by atoms with Gasteiger partial charge < -0.3 is 19.3 Å². The third-order valence-electron chi connectivity index (χ3n) is 6.56. The van der Waals surface area contributed by atoms with E-state index in [4.69, 9.17) is 9.47 Å². The number of benzene rings is 2. The summed E-state index contributed by atoms with van der Waals surface area (Å²) in [5, 5.41) is 0. The lowest BCUT2D eigenvalue weighted by Gasteiger charge is -2.37. The molecule has 2 aliphatic heterocycles. The van der Waals surface area contributed by atoms with Crippen LogP contribution >= 0.6 is 0 Å². The van der Waals surface area contributed by atoms with E-state index in [2.05, 4.69) is 41.0 Å². The molecule has 0 N–H and O–H groups in total. The average Bonchev–Trinajstić information content (AvgIpc) is 3.29. The van der Waals surface area contributed by atoms with Gasteiger partial charge >= 0.3 is 0 Å². The summed E-state index contributed by atoms with van der Waals surface area (Å²) >= 11 is 0. The molecule has 0 aromatic heterocycles. The van der Waals surface area contributed by atoms with Crippen LogP contribution in [0, 0.1) is 6.92 Å². The molecule has 0 aliphatic carbocycles. The third kappa shape index (κ3) is 4.64.